The Kier molecular flexibility index (Phi) is 3.43. The minimum atomic E-state index is 0.736. The third-order valence-electron chi connectivity index (χ3n) is 3.20. The van der Waals surface area contributed by atoms with Gasteiger partial charge in [0.15, 0.2) is 0 Å². The molecule has 1 aliphatic carbocycles. The van der Waals surface area contributed by atoms with Crippen molar-refractivity contribution >= 4 is 11.3 Å². The van der Waals surface area contributed by atoms with Gasteiger partial charge in [-0.15, -0.1) is 11.3 Å². The Balaban J connectivity index is 1.65. The molecule has 0 radical (unpaired) electrons. The van der Waals surface area contributed by atoms with E-state index in [-0.39, 0.29) is 0 Å². The third kappa shape index (κ3) is 2.79. The van der Waals surface area contributed by atoms with Crippen molar-refractivity contribution in [1.82, 2.24) is 19.9 Å². The van der Waals surface area contributed by atoms with E-state index < -0.39 is 0 Å². The number of hydrogen-bond acceptors (Lipinski definition) is 4. The van der Waals surface area contributed by atoms with Crippen molar-refractivity contribution in [1.29, 1.82) is 0 Å². The molecule has 1 saturated carbocycles. The van der Waals surface area contributed by atoms with E-state index in [0.29, 0.717) is 0 Å². The molecule has 2 aromatic heterocycles. The minimum absolute atomic E-state index is 0.736. The second kappa shape index (κ2) is 5.20. The van der Waals surface area contributed by atoms with Gasteiger partial charge in [-0.3, -0.25) is 0 Å². The maximum Gasteiger partial charge on any atom is 0.113 e. The highest BCUT2D eigenvalue weighted by molar-refractivity contribution is 7.11. The molecule has 5 heteroatoms. The molecule has 1 aliphatic rings. The first-order valence-corrected chi connectivity index (χ1v) is 7.32. The lowest BCUT2D eigenvalue weighted by molar-refractivity contribution is 0.633. The number of imidazole rings is 1. The highest BCUT2D eigenvalue weighted by Crippen LogP contribution is 2.20. The van der Waals surface area contributed by atoms with E-state index in [4.69, 9.17) is 0 Å². The standard InChI is InChI=1S/C13H18N4S/c1-2-12-7-16-13(18-12)8-17-9-14-5-11(17)6-15-10-3-4-10/h5,7,9-10,15H,2-4,6,8H2,1H3. The molecule has 0 saturated heterocycles. The molecule has 2 aromatic rings. The first-order chi connectivity index (χ1) is 8.85. The normalized spacial score (nSPS) is 15.2. The summed E-state index contributed by atoms with van der Waals surface area (Å²) in [6.45, 7) is 3.92. The fourth-order valence-electron chi connectivity index (χ4n) is 1.90. The maximum atomic E-state index is 4.46. The van der Waals surface area contributed by atoms with E-state index in [9.17, 15) is 0 Å². The topological polar surface area (TPSA) is 42.7 Å². The van der Waals surface area contributed by atoms with Crippen molar-refractivity contribution in [3.8, 4) is 0 Å². The highest BCUT2D eigenvalue weighted by atomic mass is 32.1. The molecule has 3 rings (SSSR count). The fourth-order valence-corrected chi connectivity index (χ4v) is 2.77. The number of aromatic nitrogens is 3. The SMILES string of the molecule is CCc1cnc(Cn2cncc2CNC2CC2)s1. The molecule has 0 atom stereocenters. The molecule has 0 unspecified atom stereocenters. The van der Waals surface area contributed by atoms with Crippen LogP contribution < -0.4 is 5.32 Å². The highest BCUT2D eigenvalue weighted by Gasteiger charge is 2.20. The van der Waals surface area contributed by atoms with Gasteiger partial charge in [-0.25, -0.2) is 9.97 Å². The Morgan fingerprint density at radius 1 is 1.44 bits per heavy atom. The lowest BCUT2D eigenvalue weighted by Crippen LogP contribution is -2.18. The summed E-state index contributed by atoms with van der Waals surface area (Å²) in [7, 11) is 0. The first-order valence-electron chi connectivity index (χ1n) is 6.51. The molecule has 96 valence electrons. The van der Waals surface area contributed by atoms with E-state index in [1.165, 1.54) is 23.4 Å². The molecular weight excluding hydrogens is 244 g/mol. The number of nitrogens with zero attached hydrogens (tertiary/aromatic N) is 3. The van der Waals surface area contributed by atoms with Gasteiger partial charge in [0.1, 0.15) is 5.01 Å². The van der Waals surface area contributed by atoms with Crippen LogP contribution in [0.4, 0.5) is 0 Å². The van der Waals surface area contributed by atoms with E-state index in [1.807, 2.05) is 18.7 Å². The average molecular weight is 262 g/mol. The van der Waals surface area contributed by atoms with Crippen LogP contribution in [0.2, 0.25) is 0 Å². The van der Waals surface area contributed by atoms with E-state index in [1.54, 1.807) is 11.3 Å². The van der Waals surface area contributed by atoms with Crippen LogP contribution in [0.3, 0.4) is 0 Å². The minimum Gasteiger partial charge on any atom is -0.326 e. The van der Waals surface area contributed by atoms with Gasteiger partial charge in [-0.1, -0.05) is 6.92 Å². The fraction of sp³-hybridized carbons (Fsp3) is 0.538. The smallest absolute Gasteiger partial charge is 0.113 e. The van der Waals surface area contributed by atoms with Crippen LogP contribution in [-0.2, 0) is 19.5 Å². The van der Waals surface area contributed by atoms with Gasteiger partial charge < -0.3 is 9.88 Å². The summed E-state index contributed by atoms with van der Waals surface area (Å²) >= 11 is 1.80. The number of hydrogen-bond donors (Lipinski definition) is 1. The number of aryl methyl sites for hydroxylation is 1. The lowest BCUT2D eigenvalue weighted by atomic mass is 10.4. The summed E-state index contributed by atoms with van der Waals surface area (Å²) in [5.41, 5.74) is 1.25. The molecule has 1 N–H and O–H groups in total. The Labute approximate surface area is 111 Å². The maximum absolute atomic E-state index is 4.46. The van der Waals surface area contributed by atoms with Gasteiger partial charge in [-0.05, 0) is 19.3 Å². The molecule has 0 bridgehead atoms. The van der Waals surface area contributed by atoms with Gasteiger partial charge in [0, 0.05) is 29.9 Å². The summed E-state index contributed by atoms with van der Waals surface area (Å²) in [6.07, 6.45) is 9.54. The van der Waals surface area contributed by atoms with Crippen LogP contribution >= 0.6 is 11.3 Å². The largest absolute Gasteiger partial charge is 0.326 e. The summed E-state index contributed by atoms with van der Waals surface area (Å²) in [6, 6.07) is 0.736. The van der Waals surface area contributed by atoms with E-state index >= 15 is 0 Å². The van der Waals surface area contributed by atoms with Crippen molar-refractivity contribution < 1.29 is 0 Å². The average Bonchev–Trinajstić information content (AvgIpc) is 2.93. The quantitative estimate of drug-likeness (QED) is 0.868. The first kappa shape index (κ1) is 11.9. The van der Waals surface area contributed by atoms with Crippen molar-refractivity contribution in [3.63, 3.8) is 0 Å². The summed E-state index contributed by atoms with van der Waals surface area (Å²) in [5, 5.41) is 4.69. The van der Waals surface area contributed by atoms with Gasteiger partial charge in [0.2, 0.25) is 0 Å². The molecule has 0 spiro atoms. The second-order valence-electron chi connectivity index (χ2n) is 4.74. The summed E-state index contributed by atoms with van der Waals surface area (Å²) in [4.78, 5) is 10.1. The Hall–Kier alpha value is -1.20. The Morgan fingerprint density at radius 3 is 3.06 bits per heavy atom. The molecule has 4 nitrogen and oxygen atoms in total. The van der Waals surface area contributed by atoms with Crippen molar-refractivity contribution in [3.05, 3.63) is 34.3 Å². The predicted molar refractivity (Wildman–Crippen MR) is 72.7 cm³/mol. The zero-order chi connectivity index (χ0) is 12.4. The van der Waals surface area contributed by atoms with Gasteiger partial charge in [-0.2, -0.15) is 0 Å². The predicted octanol–water partition coefficient (Wildman–Crippen LogP) is 2.20. The van der Waals surface area contributed by atoms with E-state index in [0.717, 1.165) is 30.6 Å². The monoisotopic (exact) mass is 262 g/mol. The third-order valence-corrected chi connectivity index (χ3v) is 4.33. The zero-order valence-corrected chi connectivity index (χ0v) is 11.4. The van der Waals surface area contributed by atoms with Crippen LogP contribution in [0.15, 0.2) is 18.7 Å². The van der Waals surface area contributed by atoms with Crippen molar-refractivity contribution in [2.45, 2.75) is 45.3 Å². The van der Waals surface area contributed by atoms with Crippen molar-refractivity contribution in [2.75, 3.05) is 0 Å². The molecule has 0 amide bonds. The number of thiazole rings is 1. The number of rotatable bonds is 6. The molecule has 0 aromatic carbocycles. The zero-order valence-electron chi connectivity index (χ0n) is 10.6. The molecule has 2 heterocycles. The Bertz CT molecular complexity index is 513. The van der Waals surface area contributed by atoms with Gasteiger partial charge in [0.25, 0.3) is 0 Å². The molecule has 0 aliphatic heterocycles. The lowest BCUT2D eigenvalue weighted by Gasteiger charge is -2.06. The second-order valence-corrected chi connectivity index (χ2v) is 5.94. The van der Waals surface area contributed by atoms with Crippen molar-refractivity contribution in [2.24, 2.45) is 0 Å². The summed E-state index contributed by atoms with van der Waals surface area (Å²) < 4.78 is 2.19. The Morgan fingerprint density at radius 2 is 2.33 bits per heavy atom. The van der Waals surface area contributed by atoms with E-state index in [2.05, 4.69) is 26.8 Å². The van der Waals surface area contributed by atoms with Gasteiger partial charge >= 0.3 is 0 Å². The molecular formula is C13H18N4S. The van der Waals surface area contributed by atoms with Crippen LogP contribution in [0.5, 0.6) is 0 Å². The molecule has 18 heavy (non-hydrogen) atoms. The summed E-state index contributed by atoms with van der Waals surface area (Å²) in [5.74, 6) is 0. The van der Waals surface area contributed by atoms with Crippen LogP contribution in [0, 0.1) is 0 Å². The number of nitrogens with one attached hydrogen (secondary N) is 1. The molecule has 1 fully saturated rings. The van der Waals surface area contributed by atoms with Crippen LogP contribution in [0.1, 0.15) is 35.3 Å². The van der Waals surface area contributed by atoms with Crippen LogP contribution in [0.25, 0.3) is 0 Å². The van der Waals surface area contributed by atoms with Gasteiger partial charge in [0.05, 0.1) is 18.6 Å². The van der Waals surface area contributed by atoms with Crippen LogP contribution in [-0.4, -0.2) is 20.6 Å².